The summed E-state index contributed by atoms with van der Waals surface area (Å²) < 4.78 is 8.85. The first-order chi connectivity index (χ1) is 29.9. The van der Waals surface area contributed by atoms with Crippen LogP contribution in [0.15, 0.2) is 120 Å². The lowest BCUT2D eigenvalue weighted by molar-refractivity contribution is -0.146. The predicted octanol–water partition coefficient (Wildman–Crippen LogP) is 6.31. The van der Waals surface area contributed by atoms with E-state index in [0.717, 1.165) is 28.1 Å². The van der Waals surface area contributed by atoms with Crippen molar-refractivity contribution in [3.8, 4) is 0 Å². The standard InChI is InChI=1S/C47H50N8O6Si/c1-31-45(62(2,3)60)42(24-26-52-30-35(25-27-56)48-51-52)61-47(31)38-28-37(55-44(58)23-20-40(50-55)34-12-8-5-9-13-34)18-21-41(38)53(46(47)59)29-32-14-16-36(17-15-32)54-43(57)22-19-39(49-54)33-10-6-4-7-11-33/h4-18,21,28,30-31,42,45,56,60H,19-20,22-27,29H2,1-3H3/t31-,42+,45-,47+/m1/s1. The van der Waals surface area contributed by atoms with Crippen LogP contribution < -0.4 is 14.9 Å². The van der Waals surface area contributed by atoms with Crippen molar-refractivity contribution in [3.63, 3.8) is 0 Å². The molecule has 0 aliphatic carbocycles. The molecule has 4 aromatic carbocycles. The van der Waals surface area contributed by atoms with Gasteiger partial charge in [-0.2, -0.15) is 10.2 Å². The monoisotopic (exact) mass is 850 g/mol. The van der Waals surface area contributed by atoms with Crippen LogP contribution in [0.25, 0.3) is 0 Å². The first-order valence-electron chi connectivity index (χ1n) is 21.3. The quantitative estimate of drug-likeness (QED) is 0.138. The van der Waals surface area contributed by atoms with Gasteiger partial charge in [-0.15, -0.1) is 5.10 Å². The van der Waals surface area contributed by atoms with Crippen LogP contribution in [0.5, 0.6) is 0 Å². The number of nitrogens with zero attached hydrogens (tertiary/aromatic N) is 8. The molecule has 1 fully saturated rings. The number of rotatable bonds is 12. The number of anilines is 3. The zero-order chi connectivity index (χ0) is 43.2. The van der Waals surface area contributed by atoms with E-state index in [2.05, 4.69) is 10.3 Å². The average Bonchev–Trinajstić information content (AvgIpc) is 3.93. The summed E-state index contributed by atoms with van der Waals surface area (Å²) in [5.74, 6) is -0.941. The Labute approximate surface area is 361 Å². The molecule has 62 heavy (non-hydrogen) atoms. The van der Waals surface area contributed by atoms with E-state index in [9.17, 15) is 19.5 Å². The average molecular weight is 851 g/mol. The summed E-state index contributed by atoms with van der Waals surface area (Å²) in [6, 6.07) is 32.7. The van der Waals surface area contributed by atoms with Crippen LogP contribution in [0, 0.1) is 5.92 Å². The molecule has 5 heterocycles. The molecule has 2 N–H and O–H groups in total. The number of carbonyl (C=O) groups is 3. The molecule has 0 saturated carbocycles. The van der Waals surface area contributed by atoms with Gasteiger partial charge in [-0.25, -0.2) is 10.0 Å². The molecule has 1 aromatic heterocycles. The molecule has 1 saturated heterocycles. The van der Waals surface area contributed by atoms with Gasteiger partial charge < -0.3 is 19.5 Å². The number of aliphatic hydroxyl groups is 1. The maximum atomic E-state index is 15.4. The Balaban J connectivity index is 1.07. The van der Waals surface area contributed by atoms with E-state index in [1.165, 1.54) is 10.0 Å². The van der Waals surface area contributed by atoms with Crippen molar-refractivity contribution in [2.75, 3.05) is 21.5 Å². The van der Waals surface area contributed by atoms with Crippen molar-refractivity contribution < 1.29 is 29.0 Å². The lowest BCUT2D eigenvalue weighted by Gasteiger charge is -2.32. The molecule has 14 nitrogen and oxygen atoms in total. The number of fused-ring (bicyclic) bond motifs is 2. The number of carbonyl (C=O) groups excluding carboxylic acids is 3. The summed E-state index contributed by atoms with van der Waals surface area (Å²) in [4.78, 5) is 55.8. The molecule has 5 aromatic rings. The Kier molecular flexibility index (Phi) is 11.1. The number of benzene rings is 4. The fraction of sp³-hybridized carbons (Fsp3) is 0.340. The van der Waals surface area contributed by atoms with Crippen molar-refractivity contribution >= 4 is 54.5 Å². The molecule has 0 unspecified atom stereocenters. The minimum absolute atomic E-state index is 0.0365. The molecule has 4 aliphatic rings. The second-order valence-corrected chi connectivity index (χ2v) is 21.1. The molecule has 4 atom stereocenters. The number of amides is 3. The number of aryl methyl sites for hydroxylation is 1. The van der Waals surface area contributed by atoms with Gasteiger partial charge in [0.15, 0.2) is 13.9 Å². The number of ether oxygens (including phenoxy) is 1. The largest absolute Gasteiger partial charge is 0.432 e. The first-order valence-corrected chi connectivity index (χ1v) is 24.3. The van der Waals surface area contributed by atoms with Crippen LogP contribution in [-0.2, 0) is 44.2 Å². The van der Waals surface area contributed by atoms with E-state index in [-0.39, 0.29) is 42.8 Å². The lowest BCUT2D eigenvalue weighted by Crippen LogP contribution is -2.46. The molecule has 3 amide bonds. The van der Waals surface area contributed by atoms with Crippen molar-refractivity contribution in [1.29, 1.82) is 0 Å². The normalized spacial score (nSPS) is 22.7. The summed E-state index contributed by atoms with van der Waals surface area (Å²) in [7, 11) is -3.00. The highest BCUT2D eigenvalue weighted by Gasteiger charge is 2.66. The third-order valence-corrected chi connectivity index (χ3v) is 15.1. The van der Waals surface area contributed by atoms with Crippen molar-refractivity contribution in [1.82, 2.24) is 15.0 Å². The topological polar surface area (TPSA) is 166 Å². The number of hydrogen-bond donors (Lipinski definition) is 2. The van der Waals surface area contributed by atoms with Gasteiger partial charge in [-0.05, 0) is 66.5 Å². The molecule has 1 spiro atoms. The highest BCUT2D eigenvalue weighted by atomic mass is 28.4. The molecule has 4 aliphatic heterocycles. The molecule has 318 valence electrons. The van der Waals surface area contributed by atoms with Crippen LogP contribution in [0.4, 0.5) is 17.1 Å². The van der Waals surface area contributed by atoms with Gasteiger partial charge in [0.25, 0.3) is 5.91 Å². The molecule has 15 heteroatoms. The molecular weight excluding hydrogens is 801 g/mol. The second-order valence-electron chi connectivity index (χ2n) is 17.1. The van der Waals surface area contributed by atoms with Gasteiger partial charge in [-0.3, -0.25) is 19.1 Å². The van der Waals surface area contributed by atoms with Crippen molar-refractivity contribution in [2.45, 2.75) is 88.9 Å². The van der Waals surface area contributed by atoms with Gasteiger partial charge in [0.1, 0.15) is 0 Å². The number of hydrazone groups is 2. The van der Waals surface area contributed by atoms with Gasteiger partial charge in [0, 0.05) is 68.5 Å². The zero-order valence-electron chi connectivity index (χ0n) is 35.1. The third kappa shape index (κ3) is 7.59. The number of hydrogen-bond acceptors (Lipinski definition) is 10. The number of aliphatic hydroxyl groups excluding tert-OH is 1. The smallest absolute Gasteiger partial charge is 0.264 e. The van der Waals surface area contributed by atoms with Crippen LogP contribution in [-0.4, -0.2) is 75.1 Å². The summed E-state index contributed by atoms with van der Waals surface area (Å²) in [5.41, 5.74) is 5.66. The van der Waals surface area contributed by atoms with Gasteiger partial charge in [-0.1, -0.05) is 84.9 Å². The Bertz CT molecular complexity index is 2560. The summed E-state index contributed by atoms with van der Waals surface area (Å²) >= 11 is 0. The van der Waals surface area contributed by atoms with E-state index < -0.39 is 25.9 Å². The highest BCUT2D eigenvalue weighted by Crippen LogP contribution is 2.60. The van der Waals surface area contributed by atoms with E-state index in [1.54, 1.807) is 15.8 Å². The maximum absolute atomic E-state index is 15.4. The van der Waals surface area contributed by atoms with E-state index in [0.29, 0.717) is 67.0 Å². The fourth-order valence-corrected chi connectivity index (χ4v) is 12.3. The van der Waals surface area contributed by atoms with Crippen molar-refractivity contribution in [3.05, 3.63) is 137 Å². The summed E-state index contributed by atoms with van der Waals surface area (Å²) in [6.45, 7) is 6.37. The highest BCUT2D eigenvalue weighted by molar-refractivity contribution is 6.71. The Morgan fingerprint density at radius 2 is 1.39 bits per heavy atom. The predicted molar refractivity (Wildman–Crippen MR) is 238 cm³/mol. The van der Waals surface area contributed by atoms with Crippen molar-refractivity contribution in [2.24, 2.45) is 16.1 Å². The first kappa shape index (κ1) is 41.2. The van der Waals surface area contributed by atoms with Crippen LogP contribution >= 0.6 is 0 Å². The lowest BCUT2D eigenvalue weighted by atomic mass is 9.82. The van der Waals surface area contributed by atoms with Gasteiger partial charge in [0.2, 0.25) is 11.8 Å². The van der Waals surface area contributed by atoms with E-state index in [1.807, 2.05) is 123 Å². The number of aromatic nitrogens is 3. The molecule has 9 rings (SSSR count). The van der Waals surface area contributed by atoms with Gasteiger partial charge in [0.05, 0.1) is 46.8 Å². The third-order valence-electron chi connectivity index (χ3n) is 12.6. The Hall–Kier alpha value is -6.13. The van der Waals surface area contributed by atoms with Crippen LogP contribution in [0.3, 0.4) is 0 Å². The molecular formula is C47H50N8O6Si. The fourth-order valence-electron chi connectivity index (χ4n) is 9.67. The minimum atomic E-state index is -3.00. The second kappa shape index (κ2) is 16.6. The van der Waals surface area contributed by atoms with Crippen LogP contribution in [0.1, 0.15) is 67.0 Å². The summed E-state index contributed by atoms with van der Waals surface area (Å²) in [6.07, 6.45) is 3.84. The Morgan fingerprint density at radius 3 is 1.98 bits per heavy atom. The van der Waals surface area contributed by atoms with E-state index in [4.69, 9.17) is 14.9 Å². The zero-order valence-corrected chi connectivity index (χ0v) is 36.1. The van der Waals surface area contributed by atoms with Crippen LogP contribution in [0.2, 0.25) is 18.6 Å². The SMILES string of the molecule is C[C@@H]1[C@@H]([Si](C)(C)O)[C@H](CCn2cc(CCO)nn2)O[C@@]12C(=O)N(Cc1ccc(N3N=C(c4ccccc4)CCC3=O)cc1)c1ccc(N3N=C(c4ccccc4)CCC3=O)cc12. The van der Waals surface area contributed by atoms with Gasteiger partial charge >= 0.3 is 0 Å². The van der Waals surface area contributed by atoms with E-state index >= 15 is 4.79 Å². The summed E-state index contributed by atoms with van der Waals surface area (Å²) in [5, 5.41) is 30.3. The Morgan fingerprint density at radius 1 is 0.790 bits per heavy atom. The maximum Gasteiger partial charge on any atom is 0.264 e. The molecule has 0 radical (unpaired) electrons. The minimum Gasteiger partial charge on any atom is -0.432 e. The molecule has 0 bridgehead atoms.